The van der Waals surface area contributed by atoms with Gasteiger partial charge in [0.1, 0.15) is 23.1 Å². The van der Waals surface area contributed by atoms with Crippen LogP contribution in [-0.4, -0.2) is 24.3 Å². The lowest BCUT2D eigenvalue weighted by atomic mass is 10.1. The minimum atomic E-state index is -0.892. The molecule has 3 aromatic carbocycles. The zero-order valence-electron chi connectivity index (χ0n) is 20.0. The van der Waals surface area contributed by atoms with Crippen molar-refractivity contribution < 1.29 is 27.6 Å². The third-order valence-corrected chi connectivity index (χ3v) is 7.24. The van der Waals surface area contributed by atoms with Crippen LogP contribution >= 0.6 is 11.3 Å². The van der Waals surface area contributed by atoms with Crippen molar-refractivity contribution in [3.8, 4) is 10.4 Å². The van der Waals surface area contributed by atoms with Gasteiger partial charge in [-0.2, -0.15) is 0 Å². The second kappa shape index (κ2) is 10.1. The number of nitrogens with zero attached hydrogens (tertiary/aromatic N) is 1. The highest BCUT2D eigenvalue weighted by atomic mass is 32.1. The highest BCUT2D eigenvalue weighted by molar-refractivity contribution is 7.17. The number of para-hydroxylation sites is 1. The van der Waals surface area contributed by atoms with Gasteiger partial charge in [-0.1, -0.05) is 6.07 Å². The second-order valence-corrected chi connectivity index (χ2v) is 9.69. The van der Waals surface area contributed by atoms with E-state index in [-0.39, 0.29) is 23.2 Å². The third-order valence-electron chi connectivity index (χ3n) is 6.03. The van der Waals surface area contributed by atoms with Crippen LogP contribution in [0.4, 0.5) is 30.2 Å². The molecular formula is C28H20F3N3O3S. The zero-order valence-corrected chi connectivity index (χ0v) is 20.8. The Balaban J connectivity index is 1.47. The van der Waals surface area contributed by atoms with Crippen LogP contribution in [0.15, 0.2) is 66.7 Å². The molecule has 2 N–H and O–H groups in total. The smallest absolute Gasteiger partial charge is 0.265 e. The fraction of sp³-hybridized carbons (Fsp3) is 0.107. The Bertz CT molecular complexity index is 1560. The first-order valence-electron chi connectivity index (χ1n) is 11.6. The molecule has 4 aromatic rings. The standard InChI is InChI=1S/C28H20F3N3O3S/c1-15(35)32-19-8-5-16(6-9-19)28(37)34-12-11-17-13-24(27(36)33-25-21(30)3-2-4-22(25)31)38-26(17)20-10-7-18(29)14-23(20)34/h2-10,13-14H,11-12H2,1H3,(H,32,35)(H,33,36). The van der Waals surface area contributed by atoms with Crippen LogP contribution in [0.2, 0.25) is 0 Å². The van der Waals surface area contributed by atoms with Gasteiger partial charge < -0.3 is 15.5 Å². The molecule has 6 nitrogen and oxygen atoms in total. The quantitative estimate of drug-likeness (QED) is 0.325. The molecule has 0 fully saturated rings. The van der Waals surface area contributed by atoms with E-state index in [1.54, 1.807) is 36.4 Å². The normalized spacial score (nSPS) is 12.3. The first-order valence-corrected chi connectivity index (χ1v) is 12.4. The molecule has 1 aromatic heterocycles. The highest BCUT2D eigenvalue weighted by Gasteiger charge is 2.28. The Hall–Kier alpha value is -4.44. The molecule has 0 unspecified atom stereocenters. The van der Waals surface area contributed by atoms with Crippen molar-refractivity contribution in [3.63, 3.8) is 0 Å². The molecule has 5 rings (SSSR count). The molecule has 0 bridgehead atoms. The minimum Gasteiger partial charge on any atom is -0.326 e. The number of amides is 3. The van der Waals surface area contributed by atoms with Crippen molar-refractivity contribution in [2.75, 3.05) is 22.1 Å². The number of hydrogen-bond donors (Lipinski definition) is 2. The maximum atomic E-state index is 14.4. The Morgan fingerprint density at radius 2 is 1.61 bits per heavy atom. The molecule has 0 aliphatic carbocycles. The van der Waals surface area contributed by atoms with Crippen molar-refractivity contribution in [1.29, 1.82) is 0 Å². The maximum absolute atomic E-state index is 14.4. The summed E-state index contributed by atoms with van der Waals surface area (Å²) in [6, 6.07) is 15.4. The van der Waals surface area contributed by atoms with E-state index in [0.29, 0.717) is 33.8 Å². The largest absolute Gasteiger partial charge is 0.326 e. The van der Waals surface area contributed by atoms with Gasteiger partial charge in [0.05, 0.1) is 10.6 Å². The van der Waals surface area contributed by atoms with Crippen LogP contribution in [-0.2, 0) is 11.2 Å². The maximum Gasteiger partial charge on any atom is 0.265 e. The van der Waals surface area contributed by atoms with E-state index in [1.807, 2.05) is 0 Å². The Kier molecular flexibility index (Phi) is 6.73. The van der Waals surface area contributed by atoms with Crippen molar-refractivity contribution in [1.82, 2.24) is 0 Å². The molecule has 192 valence electrons. The number of fused-ring (bicyclic) bond motifs is 3. The average Bonchev–Trinajstić information content (AvgIpc) is 3.24. The van der Waals surface area contributed by atoms with Crippen molar-refractivity contribution >= 4 is 46.1 Å². The van der Waals surface area contributed by atoms with Gasteiger partial charge in [-0.25, -0.2) is 13.2 Å². The molecule has 0 radical (unpaired) electrons. The van der Waals surface area contributed by atoms with Gasteiger partial charge in [0.25, 0.3) is 11.8 Å². The lowest BCUT2D eigenvalue weighted by molar-refractivity contribution is -0.114. The fourth-order valence-electron chi connectivity index (χ4n) is 4.29. The van der Waals surface area contributed by atoms with E-state index in [0.717, 1.165) is 29.0 Å². The topological polar surface area (TPSA) is 78.5 Å². The number of carbonyl (C=O) groups excluding carboxylic acids is 3. The Labute approximate surface area is 219 Å². The first-order chi connectivity index (χ1) is 18.2. The summed E-state index contributed by atoms with van der Waals surface area (Å²) in [5.74, 6) is -3.58. The number of rotatable bonds is 4. The fourth-order valence-corrected chi connectivity index (χ4v) is 5.43. The van der Waals surface area contributed by atoms with Crippen molar-refractivity contribution in [3.05, 3.63) is 100 Å². The van der Waals surface area contributed by atoms with Crippen LogP contribution in [0.3, 0.4) is 0 Å². The molecule has 0 atom stereocenters. The van der Waals surface area contributed by atoms with E-state index in [9.17, 15) is 27.6 Å². The van der Waals surface area contributed by atoms with Gasteiger partial charge in [0.2, 0.25) is 5.91 Å². The lowest BCUT2D eigenvalue weighted by Crippen LogP contribution is -2.32. The molecule has 10 heteroatoms. The molecule has 0 spiro atoms. The Morgan fingerprint density at radius 3 is 2.29 bits per heavy atom. The second-order valence-electron chi connectivity index (χ2n) is 8.64. The number of hydrogen-bond acceptors (Lipinski definition) is 4. The summed E-state index contributed by atoms with van der Waals surface area (Å²) in [4.78, 5) is 40.0. The van der Waals surface area contributed by atoms with Crippen LogP contribution < -0.4 is 15.5 Å². The minimum absolute atomic E-state index is 0.204. The summed E-state index contributed by atoms with van der Waals surface area (Å²) in [5.41, 5.74) is 2.01. The van der Waals surface area contributed by atoms with E-state index in [4.69, 9.17) is 0 Å². The molecule has 38 heavy (non-hydrogen) atoms. The predicted molar refractivity (Wildman–Crippen MR) is 140 cm³/mol. The van der Waals surface area contributed by atoms with Gasteiger partial charge in [-0.15, -0.1) is 11.3 Å². The molecule has 1 aliphatic heterocycles. The summed E-state index contributed by atoms with van der Waals surface area (Å²) in [5, 5.41) is 4.93. The van der Waals surface area contributed by atoms with E-state index in [1.165, 1.54) is 30.0 Å². The van der Waals surface area contributed by atoms with Gasteiger partial charge in [-0.3, -0.25) is 14.4 Å². The summed E-state index contributed by atoms with van der Waals surface area (Å²) in [6.07, 6.45) is 0.360. The molecule has 2 heterocycles. The molecule has 3 amide bonds. The third kappa shape index (κ3) is 4.90. The first kappa shape index (κ1) is 25.2. The van der Waals surface area contributed by atoms with Crippen molar-refractivity contribution in [2.24, 2.45) is 0 Å². The van der Waals surface area contributed by atoms with E-state index < -0.39 is 29.0 Å². The molecule has 0 saturated carbocycles. The summed E-state index contributed by atoms with van der Waals surface area (Å²) in [6.45, 7) is 1.59. The highest BCUT2D eigenvalue weighted by Crippen LogP contribution is 2.42. The van der Waals surface area contributed by atoms with Crippen LogP contribution in [0.25, 0.3) is 10.4 Å². The van der Waals surface area contributed by atoms with Crippen molar-refractivity contribution in [2.45, 2.75) is 13.3 Å². The lowest BCUT2D eigenvalue weighted by Gasteiger charge is -2.23. The van der Waals surface area contributed by atoms with Gasteiger partial charge in [0, 0.05) is 35.2 Å². The summed E-state index contributed by atoms with van der Waals surface area (Å²) < 4.78 is 42.4. The summed E-state index contributed by atoms with van der Waals surface area (Å²) in [7, 11) is 0. The SMILES string of the molecule is CC(=O)Nc1ccc(C(=O)N2CCc3cc(C(=O)Nc4c(F)cccc4F)sc3-c3ccc(F)cc32)cc1. The van der Waals surface area contributed by atoms with Gasteiger partial charge >= 0.3 is 0 Å². The number of halogens is 3. The van der Waals surface area contributed by atoms with E-state index >= 15 is 0 Å². The van der Waals surface area contributed by atoms with Crippen LogP contribution in [0.5, 0.6) is 0 Å². The number of thiophene rings is 1. The number of anilines is 3. The number of carbonyl (C=O) groups is 3. The number of nitrogens with one attached hydrogen (secondary N) is 2. The van der Waals surface area contributed by atoms with Crippen LogP contribution in [0.1, 0.15) is 32.5 Å². The zero-order chi connectivity index (χ0) is 27.0. The molecular weight excluding hydrogens is 515 g/mol. The van der Waals surface area contributed by atoms with Crippen LogP contribution in [0, 0.1) is 17.5 Å². The summed E-state index contributed by atoms with van der Waals surface area (Å²) >= 11 is 1.10. The Morgan fingerprint density at radius 1 is 0.895 bits per heavy atom. The average molecular weight is 536 g/mol. The molecule has 0 saturated heterocycles. The predicted octanol–water partition coefficient (Wildman–Crippen LogP) is 6.25. The van der Waals surface area contributed by atoms with Gasteiger partial charge in [-0.05, 0) is 72.6 Å². The van der Waals surface area contributed by atoms with Gasteiger partial charge in [0.15, 0.2) is 0 Å². The monoisotopic (exact) mass is 535 g/mol. The van der Waals surface area contributed by atoms with E-state index in [2.05, 4.69) is 10.6 Å². The number of benzene rings is 3. The molecule has 1 aliphatic rings.